The molecule has 1 amide bonds. The Balaban J connectivity index is 2.77. The Labute approximate surface area is 110 Å². The zero-order valence-corrected chi connectivity index (χ0v) is 11.4. The lowest BCUT2D eigenvalue weighted by atomic mass is 10.2. The quantitative estimate of drug-likeness (QED) is 0.836. The van der Waals surface area contributed by atoms with Gasteiger partial charge in [-0.25, -0.2) is 9.78 Å². The van der Waals surface area contributed by atoms with E-state index in [0.717, 1.165) is 0 Å². The molecule has 0 fully saturated rings. The zero-order valence-electron chi connectivity index (χ0n) is 9.88. The molecule has 1 heterocycles. The van der Waals surface area contributed by atoms with Crippen molar-refractivity contribution >= 4 is 35.1 Å². The molecule has 0 spiro atoms. The molecule has 0 saturated heterocycles. The van der Waals surface area contributed by atoms with Crippen LogP contribution in [0, 0.1) is 0 Å². The van der Waals surface area contributed by atoms with Gasteiger partial charge in [0.1, 0.15) is 5.60 Å². The van der Waals surface area contributed by atoms with Crippen LogP contribution in [-0.2, 0) is 10.6 Å². The Bertz CT molecular complexity index is 416. The highest BCUT2D eigenvalue weighted by Crippen LogP contribution is 2.21. The minimum atomic E-state index is -0.598. The first kappa shape index (κ1) is 14.1. The normalized spacial score (nSPS) is 11.1. The second kappa shape index (κ2) is 5.56. The van der Waals surface area contributed by atoms with Gasteiger partial charge in [0.2, 0.25) is 0 Å². The average molecular weight is 277 g/mol. The molecule has 0 aliphatic rings. The number of ether oxygens (including phenoxy) is 1. The third-order valence-electron chi connectivity index (χ3n) is 1.66. The van der Waals surface area contributed by atoms with Crippen LogP contribution < -0.4 is 5.32 Å². The number of hydrogen-bond acceptors (Lipinski definition) is 3. The van der Waals surface area contributed by atoms with Gasteiger partial charge in [0, 0.05) is 0 Å². The van der Waals surface area contributed by atoms with Crippen molar-refractivity contribution < 1.29 is 9.53 Å². The highest BCUT2D eigenvalue weighted by Gasteiger charge is 2.17. The number of hydrogen-bond donors (Lipinski definition) is 1. The van der Waals surface area contributed by atoms with Crippen LogP contribution in [0.5, 0.6) is 0 Å². The van der Waals surface area contributed by atoms with E-state index in [-0.39, 0.29) is 11.7 Å². The summed E-state index contributed by atoms with van der Waals surface area (Å²) in [6.07, 6.45) is -0.598. The summed E-state index contributed by atoms with van der Waals surface area (Å²) in [6, 6.07) is 3.31. The van der Waals surface area contributed by atoms with E-state index >= 15 is 0 Å². The summed E-state index contributed by atoms with van der Waals surface area (Å²) in [6.45, 7) is 5.32. The first-order valence-corrected chi connectivity index (χ1v) is 5.94. The average Bonchev–Trinajstić information content (AvgIpc) is 2.18. The van der Waals surface area contributed by atoms with Crippen LogP contribution in [0.25, 0.3) is 0 Å². The smallest absolute Gasteiger partial charge is 0.413 e. The fraction of sp³-hybridized carbons (Fsp3) is 0.455. The summed E-state index contributed by atoms with van der Waals surface area (Å²) in [5.41, 5.74) is 0.0582. The number of carbonyl (C=O) groups is 1. The first-order valence-electron chi connectivity index (χ1n) is 5.03. The second-order valence-electron chi connectivity index (χ2n) is 4.39. The maximum atomic E-state index is 11.5. The van der Waals surface area contributed by atoms with Crippen molar-refractivity contribution in [2.75, 3.05) is 5.32 Å². The van der Waals surface area contributed by atoms with Crippen LogP contribution in [0.2, 0.25) is 5.02 Å². The van der Waals surface area contributed by atoms with Gasteiger partial charge in [-0.3, -0.25) is 5.32 Å². The van der Waals surface area contributed by atoms with E-state index in [0.29, 0.717) is 10.7 Å². The molecule has 0 radical (unpaired) electrons. The number of pyridine rings is 1. The summed E-state index contributed by atoms with van der Waals surface area (Å²) in [5, 5.41) is 2.82. The maximum absolute atomic E-state index is 11.5. The number of anilines is 1. The molecule has 4 nitrogen and oxygen atoms in total. The third-order valence-corrected chi connectivity index (χ3v) is 2.24. The molecule has 0 unspecified atom stereocenters. The van der Waals surface area contributed by atoms with Crippen LogP contribution in [0.15, 0.2) is 12.1 Å². The largest absolute Gasteiger partial charge is 0.444 e. The number of nitrogens with zero attached hydrogens (tertiary/aromatic N) is 1. The molecular weight excluding hydrogens is 263 g/mol. The summed E-state index contributed by atoms with van der Waals surface area (Å²) in [4.78, 5) is 15.6. The van der Waals surface area contributed by atoms with Gasteiger partial charge in [-0.1, -0.05) is 11.6 Å². The fourth-order valence-corrected chi connectivity index (χ4v) is 1.35. The van der Waals surface area contributed by atoms with E-state index in [1.165, 1.54) is 0 Å². The lowest BCUT2D eigenvalue weighted by molar-refractivity contribution is 0.0635. The molecule has 94 valence electrons. The molecule has 0 aliphatic heterocycles. The topological polar surface area (TPSA) is 51.2 Å². The van der Waals surface area contributed by atoms with E-state index in [1.807, 2.05) is 0 Å². The number of alkyl halides is 1. The maximum Gasteiger partial charge on any atom is 0.413 e. The molecule has 0 aromatic carbocycles. The molecule has 1 N–H and O–H groups in total. The molecular formula is C11H14Cl2N2O2. The van der Waals surface area contributed by atoms with Gasteiger partial charge in [0.15, 0.2) is 5.82 Å². The lowest BCUT2D eigenvalue weighted by Gasteiger charge is -2.19. The van der Waals surface area contributed by atoms with Gasteiger partial charge in [-0.2, -0.15) is 0 Å². The third kappa shape index (κ3) is 4.79. The number of aromatic nitrogens is 1. The van der Waals surface area contributed by atoms with Crippen molar-refractivity contribution in [3.05, 3.63) is 22.8 Å². The lowest BCUT2D eigenvalue weighted by Crippen LogP contribution is -2.27. The van der Waals surface area contributed by atoms with E-state index in [1.54, 1.807) is 32.9 Å². The van der Waals surface area contributed by atoms with Crippen molar-refractivity contribution in [2.24, 2.45) is 0 Å². The van der Waals surface area contributed by atoms with E-state index < -0.39 is 11.7 Å². The van der Waals surface area contributed by atoms with Crippen LogP contribution in [-0.4, -0.2) is 16.7 Å². The molecule has 1 aromatic rings. The van der Waals surface area contributed by atoms with Gasteiger partial charge < -0.3 is 4.74 Å². The highest BCUT2D eigenvalue weighted by atomic mass is 35.5. The molecule has 6 heteroatoms. The number of amides is 1. The highest BCUT2D eigenvalue weighted by molar-refractivity contribution is 6.33. The van der Waals surface area contributed by atoms with Gasteiger partial charge in [-0.05, 0) is 32.9 Å². The van der Waals surface area contributed by atoms with Gasteiger partial charge >= 0.3 is 6.09 Å². The van der Waals surface area contributed by atoms with E-state index in [4.69, 9.17) is 27.9 Å². The molecule has 0 aliphatic carbocycles. The van der Waals surface area contributed by atoms with Crippen molar-refractivity contribution in [1.82, 2.24) is 4.98 Å². The van der Waals surface area contributed by atoms with Crippen molar-refractivity contribution in [3.8, 4) is 0 Å². The minimum absolute atomic E-state index is 0.249. The Hall–Kier alpha value is -1.000. The number of nitrogens with one attached hydrogen (secondary N) is 1. The van der Waals surface area contributed by atoms with E-state index in [9.17, 15) is 4.79 Å². The zero-order chi connectivity index (χ0) is 13.1. The van der Waals surface area contributed by atoms with Crippen LogP contribution in [0.3, 0.4) is 0 Å². The monoisotopic (exact) mass is 276 g/mol. The Morgan fingerprint density at radius 3 is 2.65 bits per heavy atom. The molecule has 17 heavy (non-hydrogen) atoms. The SMILES string of the molecule is CC(C)(C)OC(=O)Nc1nc(CCl)ccc1Cl. The summed E-state index contributed by atoms with van der Waals surface area (Å²) < 4.78 is 5.09. The first-order chi connectivity index (χ1) is 7.81. The Kier molecular flexibility index (Phi) is 4.60. The summed E-state index contributed by atoms with van der Waals surface area (Å²) in [7, 11) is 0. The van der Waals surface area contributed by atoms with E-state index in [2.05, 4.69) is 10.3 Å². The minimum Gasteiger partial charge on any atom is -0.444 e. The molecule has 1 rings (SSSR count). The second-order valence-corrected chi connectivity index (χ2v) is 5.07. The number of halogens is 2. The Morgan fingerprint density at radius 1 is 1.47 bits per heavy atom. The Morgan fingerprint density at radius 2 is 2.12 bits per heavy atom. The van der Waals surface area contributed by atoms with Crippen molar-refractivity contribution in [2.45, 2.75) is 32.3 Å². The van der Waals surface area contributed by atoms with Crippen LogP contribution in [0.4, 0.5) is 10.6 Å². The standard InChI is InChI=1S/C11H14Cl2N2O2/c1-11(2,3)17-10(16)15-9-8(13)5-4-7(6-12)14-9/h4-5H,6H2,1-3H3,(H,14,15,16). The molecule has 1 aromatic heterocycles. The fourth-order valence-electron chi connectivity index (χ4n) is 1.04. The van der Waals surface area contributed by atoms with Gasteiger partial charge in [0.05, 0.1) is 16.6 Å². The van der Waals surface area contributed by atoms with Gasteiger partial charge in [0.25, 0.3) is 0 Å². The van der Waals surface area contributed by atoms with Crippen LogP contribution >= 0.6 is 23.2 Å². The summed E-state index contributed by atoms with van der Waals surface area (Å²) >= 11 is 11.5. The number of carbonyl (C=O) groups excluding carboxylic acids is 1. The van der Waals surface area contributed by atoms with Crippen molar-refractivity contribution in [3.63, 3.8) is 0 Å². The molecule has 0 bridgehead atoms. The molecule has 0 atom stereocenters. The predicted octanol–water partition coefficient (Wildman–Crippen LogP) is 3.82. The van der Waals surface area contributed by atoms with Crippen molar-refractivity contribution in [1.29, 1.82) is 0 Å². The molecule has 0 saturated carbocycles. The number of rotatable bonds is 2. The predicted molar refractivity (Wildman–Crippen MR) is 68.7 cm³/mol. The van der Waals surface area contributed by atoms with Gasteiger partial charge in [-0.15, -0.1) is 11.6 Å². The summed E-state index contributed by atoms with van der Waals surface area (Å²) in [5.74, 6) is 0.499. The van der Waals surface area contributed by atoms with Crippen LogP contribution in [0.1, 0.15) is 26.5 Å².